The van der Waals surface area contributed by atoms with Crippen LogP contribution in [0.3, 0.4) is 0 Å². The summed E-state index contributed by atoms with van der Waals surface area (Å²) in [4.78, 5) is 12.5. The molecule has 1 fully saturated rings. The molecule has 4 nitrogen and oxygen atoms in total. The second-order valence-electron chi connectivity index (χ2n) is 5.12. The van der Waals surface area contributed by atoms with Gasteiger partial charge in [-0.1, -0.05) is 13.0 Å². The number of aryl methyl sites for hydroxylation is 1. The van der Waals surface area contributed by atoms with E-state index in [2.05, 4.69) is 10.6 Å². The van der Waals surface area contributed by atoms with Crippen molar-refractivity contribution < 1.29 is 9.53 Å². The second kappa shape index (κ2) is 5.61. The van der Waals surface area contributed by atoms with E-state index in [1.807, 2.05) is 32.0 Å². The number of ether oxygens (including phenoxy) is 1. The molecule has 1 saturated heterocycles. The Morgan fingerprint density at radius 2 is 2.32 bits per heavy atom. The van der Waals surface area contributed by atoms with E-state index >= 15 is 0 Å². The highest BCUT2D eigenvalue weighted by Crippen LogP contribution is 2.29. The van der Waals surface area contributed by atoms with Gasteiger partial charge in [0.05, 0.1) is 18.3 Å². The summed E-state index contributed by atoms with van der Waals surface area (Å²) >= 11 is 0. The molecule has 4 heteroatoms. The average Bonchev–Trinajstić information content (AvgIpc) is 2.89. The Kier molecular flexibility index (Phi) is 4.10. The topological polar surface area (TPSA) is 50.4 Å². The highest BCUT2D eigenvalue weighted by atomic mass is 16.5. The highest BCUT2D eigenvalue weighted by molar-refractivity contribution is 5.99. The van der Waals surface area contributed by atoms with E-state index in [0.29, 0.717) is 5.75 Å². The van der Waals surface area contributed by atoms with Crippen LogP contribution in [0.4, 0.5) is 5.69 Å². The summed E-state index contributed by atoms with van der Waals surface area (Å²) in [7, 11) is 1.61. The van der Waals surface area contributed by atoms with Crippen molar-refractivity contribution in [2.75, 3.05) is 19.0 Å². The van der Waals surface area contributed by atoms with Crippen molar-refractivity contribution in [3.63, 3.8) is 0 Å². The van der Waals surface area contributed by atoms with Crippen LogP contribution in [-0.2, 0) is 4.79 Å². The first-order valence-corrected chi connectivity index (χ1v) is 6.82. The van der Waals surface area contributed by atoms with Gasteiger partial charge in [-0.3, -0.25) is 4.79 Å². The summed E-state index contributed by atoms with van der Waals surface area (Å²) in [5.74, 6) is 0.736. The van der Waals surface area contributed by atoms with Crippen LogP contribution in [0.15, 0.2) is 18.2 Å². The first-order valence-electron chi connectivity index (χ1n) is 6.82. The smallest absolute Gasteiger partial charge is 0.244 e. The zero-order chi connectivity index (χ0) is 13.9. The number of amides is 1. The molecular formula is C15H22N2O2. The van der Waals surface area contributed by atoms with Gasteiger partial charge in [-0.15, -0.1) is 0 Å². The Bertz CT molecular complexity index is 465. The van der Waals surface area contributed by atoms with Crippen molar-refractivity contribution in [1.82, 2.24) is 5.32 Å². The van der Waals surface area contributed by atoms with Crippen LogP contribution in [0.2, 0.25) is 0 Å². The van der Waals surface area contributed by atoms with Crippen LogP contribution in [-0.4, -0.2) is 25.1 Å². The van der Waals surface area contributed by atoms with Crippen molar-refractivity contribution in [3.8, 4) is 5.75 Å². The maximum absolute atomic E-state index is 12.5. The molecule has 0 bridgehead atoms. The highest BCUT2D eigenvalue weighted by Gasteiger charge is 2.39. The van der Waals surface area contributed by atoms with E-state index < -0.39 is 5.54 Å². The third-order valence-electron chi connectivity index (χ3n) is 3.89. The summed E-state index contributed by atoms with van der Waals surface area (Å²) in [6.07, 6.45) is 2.74. The first-order chi connectivity index (χ1) is 9.11. The van der Waals surface area contributed by atoms with Crippen molar-refractivity contribution in [2.24, 2.45) is 0 Å². The van der Waals surface area contributed by atoms with E-state index in [4.69, 9.17) is 4.74 Å². The van der Waals surface area contributed by atoms with Crippen LogP contribution < -0.4 is 15.4 Å². The zero-order valence-electron chi connectivity index (χ0n) is 11.9. The fourth-order valence-corrected chi connectivity index (χ4v) is 2.62. The molecule has 19 heavy (non-hydrogen) atoms. The molecule has 2 rings (SSSR count). The van der Waals surface area contributed by atoms with Crippen molar-refractivity contribution in [3.05, 3.63) is 23.8 Å². The number of benzene rings is 1. The Hall–Kier alpha value is -1.55. The molecule has 0 aliphatic carbocycles. The fraction of sp³-hybridized carbons (Fsp3) is 0.533. The summed E-state index contributed by atoms with van der Waals surface area (Å²) < 4.78 is 5.30. The number of carbonyl (C=O) groups is 1. The predicted molar refractivity (Wildman–Crippen MR) is 76.6 cm³/mol. The van der Waals surface area contributed by atoms with Crippen molar-refractivity contribution >= 4 is 11.6 Å². The van der Waals surface area contributed by atoms with Crippen LogP contribution in [0, 0.1) is 6.92 Å². The predicted octanol–water partition coefficient (Wildman–Crippen LogP) is 2.47. The van der Waals surface area contributed by atoms with Crippen LogP contribution in [0.5, 0.6) is 5.75 Å². The monoisotopic (exact) mass is 262 g/mol. The number of hydrogen-bond acceptors (Lipinski definition) is 3. The number of anilines is 1. The molecular weight excluding hydrogens is 240 g/mol. The molecule has 1 heterocycles. The van der Waals surface area contributed by atoms with Gasteiger partial charge in [-0.2, -0.15) is 0 Å². The standard InChI is InChI=1S/C15H22N2O2/c1-4-15(8-5-9-16-15)14(18)17-12-10-11(2)6-7-13(12)19-3/h6-7,10,16H,4-5,8-9H2,1-3H3,(H,17,18). The number of rotatable bonds is 4. The van der Waals surface area contributed by atoms with Crippen LogP contribution >= 0.6 is 0 Å². The van der Waals surface area contributed by atoms with E-state index in [1.165, 1.54) is 0 Å². The van der Waals surface area contributed by atoms with Gasteiger partial charge in [-0.25, -0.2) is 0 Å². The summed E-state index contributed by atoms with van der Waals surface area (Å²) in [6.45, 7) is 4.95. The fourth-order valence-electron chi connectivity index (χ4n) is 2.62. The first kappa shape index (κ1) is 13.9. The summed E-state index contributed by atoms with van der Waals surface area (Å²) in [5.41, 5.74) is 1.42. The maximum atomic E-state index is 12.5. The Morgan fingerprint density at radius 1 is 1.53 bits per heavy atom. The van der Waals surface area contributed by atoms with Gasteiger partial charge in [0.2, 0.25) is 5.91 Å². The van der Waals surface area contributed by atoms with E-state index in [1.54, 1.807) is 7.11 Å². The lowest BCUT2D eigenvalue weighted by Crippen LogP contribution is -2.50. The molecule has 0 aromatic heterocycles. The second-order valence-corrected chi connectivity index (χ2v) is 5.12. The maximum Gasteiger partial charge on any atom is 0.244 e. The van der Waals surface area contributed by atoms with Gasteiger partial charge in [0.15, 0.2) is 0 Å². The lowest BCUT2D eigenvalue weighted by Gasteiger charge is -2.27. The van der Waals surface area contributed by atoms with Crippen molar-refractivity contribution in [1.29, 1.82) is 0 Å². The quantitative estimate of drug-likeness (QED) is 0.876. The molecule has 0 saturated carbocycles. The third-order valence-corrected chi connectivity index (χ3v) is 3.89. The van der Waals surface area contributed by atoms with Gasteiger partial charge in [-0.05, 0) is 50.4 Å². The van der Waals surface area contributed by atoms with E-state index in [-0.39, 0.29) is 5.91 Å². The number of hydrogen-bond donors (Lipinski definition) is 2. The number of nitrogens with one attached hydrogen (secondary N) is 2. The molecule has 1 atom stereocenters. The lowest BCUT2D eigenvalue weighted by atomic mass is 9.93. The van der Waals surface area contributed by atoms with Gasteiger partial charge in [0.1, 0.15) is 5.75 Å². The SMILES string of the molecule is CCC1(C(=O)Nc2cc(C)ccc2OC)CCCN1. The minimum Gasteiger partial charge on any atom is -0.495 e. The molecule has 2 N–H and O–H groups in total. The molecule has 1 aliphatic rings. The Morgan fingerprint density at radius 3 is 2.89 bits per heavy atom. The largest absolute Gasteiger partial charge is 0.495 e. The van der Waals surface area contributed by atoms with Gasteiger partial charge in [0, 0.05) is 0 Å². The summed E-state index contributed by atoms with van der Waals surface area (Å²) in [6, 6.07) is 5.79. The zero-order valence-corrected chi connectivity index (χ0v) is 11.9. The minimum atomic E-state index is -0.422. The van der Waals surface area contributed by atoms with Gasteiger partial charge >= 0.3 is 0 Å². The molecule has 1 aromatic rings. The van der Waals surface area contributed by atoms with Crippen molar-refractivity contribution in [2.45, 2.75) is 38.6 Å². The molecule has 104 valence electrons. The van der Waals surface area contributed by atoms with Gasteiger partial charge in [0.25, 0.3) is 0 Å². The van der Waals surface area contributed by atoms with Gasteiger partial charge < -0.3 is 15.4 Å². The van der Waals surface area contributed by atoms with E-state index in [0.717, 1.165) is 37.1 Å². The molecule has 0 spiro atoms. The molecule has 0 radical (unpaired) electrons. The average molecular weight is 262 g/mol. The Labute approximate surface area is 114 Å². The third kappa shape index (κ3) is 2.73. The molecule has 1 aromatic carbocycles. The molecule has 1 unspecified atom stereocenters. The van der Waals surface area contributed by atoms with Crippen LogP contribution in [0.25, 0.3) is 0 Å². The minimum absolute atomic E-state index is 0.0383. The number of carbonyl (C=O) groups excluding carboxylic acids is 1. The molecule has 1 aliphatic heterocycles. The summed E-state index contributed by atoms with van der Waals surface area (Å²) in [5, 5.41) is 6.35. The normalized spacial score (nSPS) is 22.3. The van der Waals surface area contributed by atoms with Crippen LogP contribution in [0.1, 0.15) is 31.7 Å². The Balaban J connectivity index is 2.20. The van der Waals surface area contributed by atoms with E-state index in [9.17, 15) is 4.79 Å². The molecule has 1 amide bonds. The lowest BCUT2D eigenvalue weighted by molar-refractivity contribution is -0.122. The number of methoxy groups -OCH3 is 1.